The van der Waals surface area contributed by atoms with Gasteiger partial charge in [-0.25, -0.2) is 0 Å². The van der Waals surface area contributed by atoms with Crippen LogP contribution in [0.25, 0.3) is 0 Å². The lowest BCUT2D eigenvalue weighted by Crippen LogP contribution is -2.28. The summed E-state index contributed by atoms with van der Waals surface area (Å²) in [5.74, 6) is 0.148. The van der Waals surface area contributed by atoms with Gasteiger partial charge in [-0.05, 0) is 36.5 Å². The second-order valence-corrected chi connectivity index (χ2v) is 4.29. The number of hydrazone groups is 2. The molecule has 1 aromatic carbocycles. The predicted molar refractivity (Wildman–Crippen MR) is 86.4 cm³/mol. The van der Waals surface area contributed by atoms with Gasteiger partial charge >= 0.3 is 0 Å². The van der Waals surface area contributed by atoms with Gasteiger partial charge in [0.1, 0.15) is 5.75 Å². The van der Waals surface area contributed by atoms with Gasteiger partial charge in [0.2, 0.25) is 5.11 Å². The molecule has 0 aliphatic heterocycles. The lowest BCUT2D eigenvalue weighted by molar-refractivity contribution is 0.474. The smallest absolute Gasteiger partial charge is 0.207 e. The van der Waals surface area contributed by atoms with Crippen molar-refractivity contribution in [1.29, 1.82) is 0 Å². The zero-order valence-electron chi connectivity index (χ0n) is 11.0. The second kappa shape index (κ2) is 7.71. The number of aromatic nitrogens is 1. The zero-order chi connectivity index (χ0) is 14.9. The molecule has 0 fully saturated rings. The van der Waals surface area contributed by atoms with Crippen LogP contribution in [0, 0.1) is 0 Å². The number of aromatic hydroxyl groups is 1. The molecule has 0 radical (unpaired) electrons. The summed E-state index contributed by atoms with van der Waals surface area (Å²) in [6.45, 7) is 0. The summed E-state index contributed by atoms with van der Waals surface area (Å²) >= 11 is 4.99. The van der Waals surface area contributed by atoms with Crippen LogP contribution in [0.5, 0.6) is 5.75 Å². The Morgan fingerprint density at radius 3 is 2.48 bits per heavy atom. The van der Waals surface area contributed by atoms with Crippen LogP contribution in [0.2, 0.25) is 0 Å². The Hall–Kier alpha value is -2.80. The third-order valence-corrected chi connectivity index (χ3v) is 2.54. The number of pyridine rings is 1. The van der Waals surface area contributed by atoms with E-state index in [9.17, 15) is 5.11 Å². The highest BCUT2D eigenvalue weighted by atomic mass is 32.1. The number of para-hydroxylation sites is 1. The molecule has 0 aliphatic rings. The predicted octanol–water partition coefficient (Wildman–Crippen LogP) is 1.62. The van der Waals surface area contributed by atoms with Crippen LogP contribution in [0.1, 0.15) is 11.3 Å². The van der Waals surface area contributed by atoms with Gasteiger partial charge in [0.25, 0.3) is 0 Å². The monoisotopic (exact) mass is 299 g/mol. The molecular formula is C14H13N5OS. The Labute approximate surface area is 127 Å². The summed E-state index contributed by atoms with van der Waals surface area (Å²) < 4.78 is 0. The van der Waals surface area contributed by atoms with Crippen LogP contribution in [-0.4, -0.2) is 27.6 Å². The van der Waals surface area contributed by atoms with E-state index in [4.69, 9.17) is 12.2 Å². The third kappa shape index (κ3) is 5.00. The number of rotatable bonds is 4. The van der Waals surface area contributed by atoms with E-state index < -0.39 is 0 Å². The van der Waals surface area contributed by atoms with Crippen molar-refractivity contribution in [3.05, 3.63) is 59.9 Å². The molecule has 21 heavy (non-hydrogen) atoms. The van der Waals surface area contributed by atoms with Gasteiger partial charge in [-0.1, -0.05) is 18.2 Å². The van der Waals surface area contributed by atoms with Crippen molar-refractivity contribution in [3.8, 4) is 5.75 Å². The first kappa shape index (κ1) is 14.6. The number of phenolic OH excluding ortho intramolecular Hbond substituents is 1. The molecule has 0 bridgehead atoms. The van der Waals surface area contributed by atoms with Crippen molar-refractivity contribution < 1.29 is 5.11 Å². The summed E-state index contributed by atoms with van der Waals surface area (Å²) in [6.07, 6.45) is 4.68. The summed E-state index contributed by atoms with van der Waals surface area (Å²) in [5.41, 5.74) is 6.50. The number of nitrogens with zero attached hydrogens (tertiary/aromatic N) is 3. The summed E-state index contributed by atoms with van der Waals surface area (Å²) in [5, 5.41) is 17.6. The minimum Gasteiger partial charge on any atom is -0.507 e. The highest BCUT2D eigenvalue weighted by molar-refractivity contribution is 7.80. The molecule has 2 aromatic rings. The molecule has 0 saturated carbocycles. The molecule has 106 valence electrons. The van der Waals surface area contributed by atoms with E-state index in [1.165, 1.54) is 6.21 Å². The van der Waals surface area contributed by atoms with Gasteiger partial charge in [0.15, 0.2) is 0 Å². The number of hydrogen-bond acceptors (Lipinski definition) is 5. The summed E-state index contributed by atoms with van der Waals surface area (Å²) in [4.78, 5) is 4.08. The first-order valence-corrected chi connectivity index (χ1v) is 6.47. The number of nitrogens with one attached hydrogen (secondary N) is 2. The van der Waals surface area contributed by atoms with E-state index in [0.717, 1.165) is 0 Å². The van der Waals surface area contributed by atoms with Crippen LogP contribution in [0.3, 0.4) is 0 Å². The minimum absolute atomic E-state index is 0.148. The van der Waals surface area contributed by atoms with Crippen LogP contribution in [0.15, 0.2) is 58.9 Å². The van der Waals surface area contributed by atoms with Gasteiger partial charge in [0, 0.05) is 11.8 Å². The fourth-order valence-corrected chi connectivity index (χ4v) is 1.50. The average molecular weight is 299 g/mol. The van der Waals surface area contributed by atoms with Crippen LogP contribution < -0.4 is 10.9 Å². The van der Waals surface area contributed by atoms with Crippen LogP contribution >= 0.6 is 12.2 Å². The molecule has 7 heteroatoms. The van der Waals surface area contributed by atoms with Gasteiger partial charge < -0.3 is 5.11 Å². The molecule has 0 aliphatic carbocycles. The fourth-order valence-electron chi connectivity index (χ4n) is 1.39. The molecule has 6 nitrogen and oxygen atoms in total. The Morgan fingerprint density at radius 1 is 1.05 bits per heavy atom. The van der Waals surface area contributed by atoms with E-state index in [-0.39, 0.29) is 10.9 Å². The fraction of sp³-hybridized carbons (Fsp3) is 0. The maximum absolute atomic E-state index is 9.55. The topological polar surface area (TPSA) is 81.9 Å². The van der Waals surface area contributed by atoms with Gasteiger partial charge in [0.05, 0.1) is 18.1 Å². The van der Waals surface area contributed by atoms with E-state index in [1.54, 1.807) is 36.7 Å². The molecule has 0 spiro atoms. The second-order valence-electron chi connectivity index (χ2n) is 3.88. The maximum atomic E-state index is 9.55. The number of phenols is 1. The molecule has 2 rings (SSSR count). The standard InChI is InChI=1S/C14H13N5OS/c20-13-7-2-1-5-11(13)9-16-18-14(21)19-17-10-12-6-3-4-8-15-12/h1-10,20H,(H2,18,19,21)/b16-9+,17-10-. The van der Waals surface area contributed by atoms with Crippen molar-refractivity contribution in [2.24, 2.45) is 10.2 Å². The quantitative estimate of drug-likeness (QED) is 0.454. The van der Waals surface area contributed by atoms with E-state index in [2.05, 4.69) is 26.0 Å². The van der Waals surface area contributed by atoms with Crippen molar-refractivity contribution >= 4 is 29.8 Å². The van der Waals surface area contributed by atoms with Crippen molar-refractivity contribution in [2.45, 2.75) is 0 Å². The molecule has 0 unspecified atom stereocenters. The lowest BCUT2D eigenvalue weighted by Gasteiger charge is -2.01. The number of hydrogen-bond donors (Lipinski definition) is 3. The Kier molecular flexibility index (Phi) is 5.36. The number of thiocarbonyl (C=S) groups is 1. The molecule has 1 aromatic heterocycles. The van der Waals surface area contributed by atoms with Gasteiger partial charge in [-0.2, -0.15) is 10.2 Å². The van der Waals surface area contributed by atoms with Crippen LogP contribution in [0.4, 0.5) is 0 Å². The molecule has 0 atom stereocenters. The third-order valence-electron chi connectivity index (χ3n) is 2.36. The Balaban J connectivity index is 1.80. The number of benzene rings is 1. The lowest BCUT2D eigenvalue weighted by atomic mass is 10.2. The normalized spacial score (nSPS) is 10.9. The highest BCUT2D eigenvalue weighted by Gasteiger charge is 1.95. The molecule has 0 saturated heterocycles. The minimum atomic E-state index is 0.148. The van der Waals surface area contributed by atoms with E-state index in [1.807, 2.05) is 18.2 Å². The Bertz CT molecular complexity index is 657. The molecule has 0 amide bonds. The van der Waals surface area contributed by atoms with Gasteiger partial charge in [-0.3, -0.25) is 15.8 Å². The van der Waals surface area contributed by atoms with E-state index in [0.29, 0.717) is 11.3 Å². The Morgan fingerprint density at radius 2 is 1.76 bits per heavy atom. The highest BCUT2D eigenvalue weighted by Crippen LogP contribution is 2.12. The first-order valence-electron chi connectivity index (χ1n) is 6.07. The summed E-state index contributed by atoms with van der Waals surface area (Å²) in [6, 6.07) is 12.4. The first-order chi connectivity index (χ1) is 10.3. The largest absolute Gasteiger partial charge is 0.507 e. The summed E-state index contributed by atoms with van der Waals surface area (Å²) in [7, 11) is 0. The van der Waals surface area contributed by atoms with Crippen LogP contribution in [-0.2, 0) is 0 Å². The van der Waals surface area contributed by atoms with E-state index >= 15 is 0 Å². The SMILES string of the molecule is Oc1ccccc1/C=N/NC(=S)N/N=C\c1ccccn1. The molecule has 1 heterocycles. The average Bonchev–Trinajstić information content (AvgIpc) is 2.50. The van der Waals surface area contributed by atoms with Crippen molar-refractivity contribution in [2.75, 3.05) is 0 Å². The maximum Gasteiger partial charge on any atom is 0.207 e. The zero-order valence-corrected chi connectivity index (χ0v) is 11.8. The molecular weight excluding hydrogens is 286 g/mol. The van der Waals surface area contributed by atoms with Gasteiger partial charge in [-0.15, -0.1) is 0 Å². The van der Waals surface area contributed by atoms with Crippen molar-refractivity contribution in [3.63, 3.8) is 0 Å². The van der Waals surface area contributed by atoms with Crippen molar-refractivity contribution in [1.82, 2.24) is 15.8 Å². The molecule has 3 N–H and O–H groups in total.